The number of urea groups is 1. The van der Waals surface area contributed by atoms with Crippen LogP contribution >= 0.6 is 0 Å². The summed E-state index contributed by atoms with van der Waals surface area (Å²) in [5.41, 5.74) is 2.37. The SMILES string of the molecule is CC(C)CC(O)CNC(=O)NOC1CCCC1. The first-order valence-corrected chi connectivity index (χ1v) is 6.45. The molecule has 1 aliphatic carbocycles. The van der Waals surface area contributed by atoms with Crippen molar-refractivity contribution in [1.29, 1.82) is 0 Å². The number of amides is 2. The molecule has 1 unspecified atom stereocenters. The van der Waals surface area contributed by atoms with Crippen molar-refractivity contribution in [1.82, 2.24) is 10.8 Å². The standard InChI is InChI=1S/C12H24N2O3/c1-9(2)7-10(15)8-13-12(16)14-17-11-5-3-4-6-11/h9-11,15H,3-8H2,1-2H3,(H2,13,14,16). The zero-order valence-corrected chi connectivity index (χ0v) is 10.7. The van der Waals surface area contributed by atoms with Crippen LogP contribution in [0.15, 0.2) is 0 Å². The van der Waals surface area contributed by atoms with Crippen molar-refractivity contribution in [2.24, 2.45) is 5.92 Å². The zero-order valence-electron chi connectivity index (χ0n) is 10.7. The molecule has 0 heterocycles. The molecule has 2 amide bonds. The molecule has 0 aromatic rings. The summed E-state index contributed by atoms with van der Waals surface area (Å²) in [7, 11) is 0. The second-order valence-electron chi connectivity index (χ2n) is 5.12. The third kappa shape index (κ3) is 6.48. The third-order valence-corrected chi connectivity index (χ3v) is 2.86. The lowest BCUT2D eigenvalue weighted by Crippen LogP contribution is -2.41. The average molecular weight is 244 g/mol. The summed E-state index contributed by atoms with van der Waals surface area (Å²) in [4.78, 5) is 16.6. The second kappa shape index (κ2) is 7.50. The van der Waals surface area contributed by atoms with Crippen LogP contribution in [0.3, 0.4) is 0 Å². The maximum Gasteiger partial charge on any atom is 0.338 e. The largest absolute Gasteiger partial charge is 0.391 e. The van der Waals surface area contributed by atoms with Crippen LogP contribution < -0.4 is 10.8 Å². The minimum Gasteiger partial charge on any atom is -0.391 e. The molecule has 0 aromatic heterocycles. The Morgan fingerprint density at radius 1 is 1.41 bits per heavy atom. The van der Waals surface area contributed by atoms with Gasteiger partial charge in [-0.15, -0.1) is 0 Å². The predicted molar refractivity (Wildman–Crippen MR) is 65.3 cm³/mol. The molecule has 1 rings (SSSR count). The Balaban J connectivity index is 2.04. The summed E-state index contributed by atoms with van der Waals surface area (Å²) in [5.74, 6) is 0.421. The van der Waals surface area contributed by atoms with Gasteiger partial charge in [0.05, 0.1) is 12.2 Å². The molecule has 17 heavy (non-hydrogen) atoms. The van der Waals surface area contributed by atoms with Gasteiger partial charge in [0, 0.05) is 6.54 Å². The minimum atomic E-state index is -0.493. The Morgan fingerprint density at radius 3 is 2.65 bits per heavy atom. The number of hydroxylamine groups is 1. The fourth-order valence-corrected chi connectivity index (χ4v) is 2.02. The lowest BCUT2D eigenvalue weighted by molar-refractivity contribution is -0.000519. The zero-order chi connectivity index (χ0) is 12.7. The Morgan fingerprint density at radius 2 is 2.06 bits per heavy atom. The van der Waals surface area contributed by atoms with E-state index in [1.807, 2.05) is 13.8 Å². The molecule has 100 valence electrons. The number of nitrogens with one attached hydrogen (secondary N) is 2. The van der Waals surface area contributed by atoms with Crippen molar-refractivity contribution >= 4 is 6.03 Å². The summed E-state index contributed by atoms with van der Waals surface area (Å²) in [6, 6.07) is -0.375. The topological polar surface area (TPSA) is 70.6 Å². The van der Waals surface area contributed by atoms with Gasteiger partial charge < -0.3 is 10.4 Å². The molecular weight excluding hydrogens is 220 g/mol. The average Bonchev–Trinajstić information content (AvgIpc) is 2.75. The highest BCUT2D eigenvalue weighted by Crippen LogP contribution is 2.19. The van der Waals surface area contributed by atoms with Gasteiger partial charge in [0.15, 0.2) is 0 Å². The van der Waals surface area contributed by atoms with E-state index in [1.54, 1.807) is 0 Å². The third-order valence-electron chi connectivity index (χ3n) is 2.86. The lowest BCUT2D eigenvalue weighted by atomic mass is 10.1. The van der Waals surface area contributed by atoms with Gasteiger partial charge in [-0.2, -0.15) is 0 Å². The normalized spacial score (nSPS) is 18.4. The number of hydrogen-bond acceptors (Lipinski definition) is 3. The summed E-state index contributed by atoms with van der Waals surface area (Å²) < 4.78 is 0. The van der Waals surface area contributed by atoms with E-state index in [0.717, 1.165) is 12.8 Å². The van der Waals surface area contributed by atoms with Crippen molar-refractivity contribution in [3.05, 3.63) is 0 Å². The van der Waals surface area contributed by atoms with E-state index in [4.69, 9.17) is 4.84 Å². The van der Waals surface area contributed by atoms with Crippen LogP contribution in [0.5, 0.6) is 0 Å². The van der Waals surface area contributed by atoms with Crippen LogP contribution in [-0.4, -0.2) is 29.9 Å². The van der Waals surface area contributed by atoms with E-state index in [1.165, 1.54) is 12.8 Å². The number of aliphatic hydroxyl groups excluding tert-OH is 1. The number of carbonyl (C=O) groups is 1. The first-order valence-electron chi connectivity index (χ1n) is 6.45. The Hall–Kier alpha value is -0.810. The van der Waals surface area contributed by atoms with Crippen molar-refractivity contribution in [2.75, 3.05) is 6.54 Å². The summed E-state index contributed by atoms with van der Waals surface area (Å²) in [6.45, 7) is 4.33. The molecule has 1 aliphatic rings. The molecular formula is C12H24N2O3. The fraction of sp³-hybridized carbons (Fsp3) is 0.917. The highest BCUT2D eigenvalue weighted by atomic mass is 16.7. The van der Waals surface area contributed by atoms with Crippen LogP contribution in [0, 0.1) is 5.92 Å². The highest BCUT2D eigenvalue weighted by molar-refractivity contribution is 5.72. The van der Waals surface area contributed by atoms with Gasteiger partial charge in [0.1, 0.15) is 0 Å². The van der Waals surface area contributed by atoms with E-state index in [-0.39, 0.29) is 18.7 Å². The van der Waals surface area contributed by atoms with E-state index in [0.29, 0.717) is 12.3 Å². The smallest absolute Gasteiger partial charge is 0.338 e. The van der Waals surface area contributed by atoms with Crippen molar-refractivity contribution < 1.29 is 14.7 Å². The summed E-state index contributed by atoms with van der Waals surface area (Å²) in [5, 5.41) is 12.2. The maximum atomic E-state index is 11.3. The quantitative estimate of drug-likeness (QED) is 0.621. The van der Waals surface area contributed by atoms with E-state index >= 15 is 0 Å². The van der Waals surface area contributed by atoms with E-state index in [9.17, 15) is 9.90 Å². The van der Waals surface area contributed by atoms with Gasteiger partial charge in [-0.05, 0) is 25.2 Å². The van der Waals surface area contributed by atoms with Crippen LogP contribution in [0.25, 0.3) is 0 Å². The summed E-state index contributed by atoms with van der Waals surface area (Å²) in [6.07, 6.45) is 4.70. The molecule has 0 aliphatic heterocycles. The number of rotatable bonds is 6. The van der Waals surface area contributed by atoms with Gasteiger partial charge in [0.2, 0.25) is 0 Å². The predicted octanol–water partition coefficient (Wildman–Crippen LogP) is 1.57. The van der Waals surface area contributed by atoms with Crippen LogP contribution in [0.2, 0.25) is 0 Å². The van der Waals surface area contributed by atoms with Gasteiger partial charge >= 0.3 is 6.03 Å². The van der Waals surface area contributed by atoms with E-state index in [2.05, 4.69) is 10.8 Å². The fourth-order valence-electron chi connectivity index (χ4n) is 2.02. The van der Waals surface area contributed by atoms with Gasteiger partial charge in [-0.3, -0.25) is 4.84 Å². The van der Waals surface area contributed by atoms with Gasteiger partial charge in [-0.1, -0.05) is 26.7 Å². The van der Waals surface area contributed by atoms with Crippen molar-refractivity contribution in [3.8, 4) is 0 Å². The van der Waals surface area contributed by atoms with Crippen molar-refractivity contribution in [3.63, 3.8) is 0 Å². The van der Waals surface area contributed by atoms with Crippen LogP contribution in [0.4, 0.5) is 4.79 Å². The minimum absolute atomic E-state index is 0.154. The highest BCUT2D eigenvalue weighted by Gasteiger charge is 2.17. The molecule has 0 aromatic carbocycles. The Labute approximate surface area is 103 Å². The Kier molecular flexibility index (Phi) is 6.29. The molecule has 0 radical (unpaired) electrons. The number of hydrogen-bond donors (Lipinski definition) is 3. The van der Waals surface area contributed by atoms with E-state index < -0.39 is 6.10 Å². The van der Waals surface area contributed by atoms with Crippen molar-refractivity contribution in [2.45, 2.75) is 58.2 Å². The first-order chi connectivity index (χ1) is 8.08. The van der Waals surface area contributed by atoms with Crippen LogP contribution in [-0.2, 0) is 4.84 Å². The molecule has 1 fully saturated rings. The number of aliphatic hydroxyl groups is 1. The lowest BCUT2D eigenvalue weighted by Gasteiger charge is -2.15. The molecule has 3 N–H and O–H groups in total. The monoisotopic (exact) mass is 244 g/mol. The summed E-state index contributed by atoms with van der Waals surface area (Å²) >= 11 is 0. The first kappa shape index (κ1) is 14.3. The molecule has 1 saturated carbocycles. The molecule has 5 heteroatoms. The Bertz CT molecular complexity index is 228. The molecule has 1 atom stereocenters. The molecule has 0 saturated heterocycles. The maximum absolute atomic E-state index is 11.3. The van der Waals surface area contributed by atoms with Crippen LogP contribution in [0.1, 0.15) is 46.0 Å². The van der Waals surface area contributed by atoms with Gasteiger partial charge in [-0.25, -0.2) is 10.3 Å². The number of carbonyl (C=O) groups excluding carboxylic acids is 1. The molecule has 0 bridgehead atoms. The second-order valence-corrected chi connectivity index (χ2v) is 5.12. The van der Waals surface area contributed by atoms with Gasteiger partial charge in [0.25, 0.3) is 0 Å². The molecule has 0 spiro atoms. The molecule has 5 nitrogen and oxygen atoms in total.